The zero-order chi connectivity index (χ0) is 12.3. The maximum absolute atomic E-state index is 11.7. The van der Waals surface area contributed by atoms with Crippen molar-refractivity contribution in [1.82, 2.24) is 10.6 Å². The van der Waals surface area contributed by atoms with E-state index in [0.717, 1.165) is 25.9 Å². The summed E-state index contributed by atoms with van der Waals surface area (Å²) in [5, 5.41) is 5.84. The minimum atomic E-state index is -0.116. The highest BCUT2D eigenvalue weighted by Crippen LogP contribution is 2.34. The molecule has 1 aliphatic heterocycles. The summed E-state index contributed by atoms with van der Waals surface area (Å²) in [5.41, 5.74) is -0.116. The minimum Gasteiger partial charge on any atom is -0.376 e. The molecule has 1 heterocycles. The van der Waals surface area contributed by atoms with E-state index in [2.05, 4.69) is 10.6 Å². The van der Waals surface area contributed by atoms with Crippen molar-refractivity contribution in [3.05, 3.63) is 0 Å². The summed E-state index contributed by atoms with van der Waals surface area (Å²) >= 11 is 0. The van der Waals surface area contributed by atoms with E-state index in [0.29, 0.717) is 6.54 Å². The summed E-state index contributed by atoms with van der Waals surface area (Å²) in [5.74, 6) is 0. The quantitative estimate of drug-likeness (QED) is 0.774. The van der Waals surface area contributed by atoms with Crippen LogP contribution in [0.3, 0.4) is 0 Å². The molecule has 5 heteroatoms. The Morgan fingerprint density at radius 3 is 2.76 bits per heavy atom. The molecule has 2 aliphatic rings. The van der Waals surface area contributed by atoms with Crippen LogP contribution >= 0.6 is 0 Å². The van der Waals surface area contributed by atoms with Gasteiger partial charge in [0, 0.05) is 20.3 Å². The fourth-order valence-corrected chi connectivity index (χ4v) is 2.41. The van der Waals surface area contributed by atoms with Crippen LogP contribution in [0.5, 0.6) is 0 Å². The van der Waals surface area contributed by atoms with Crippen LogP contribution in [-0.2, 0) is 9.47 Å². The lowest BCUT2D eigenvalue weighted by molar-refractivity contribution is -0.0674. The number of ether oxygens (including phenoxy) is 2. The zero-order valence-electron chi connectivity index (χ0n) is 10.6. The van der Waals surface area contributed by atoms with Gasteiger partial charge >= 0.3 is 6.03 Å². The third kappa shape index (κ3) is 2.90. The summed E-state index contributed by atoms with van der Waals surface area (Å²) in [7, 11) is 1.71. The fourth-order valence-electron chi connectivity index (χ4n) is 2.41. The predicted molar refractivity (Wildman–Crippen MR) is 63.9 cm³/mol. The summed E-state index contributed by atoms with van der Waals surface area (Å²) in [6.07, 6.45) is 4.26. The Balaban J connectivity index is 1.70. The monoisotopic (exact) mass is 242 g/mol. The lowest BCUT2D eigenvalue weighted by Crippen LogP contribution is -2.53. The normalized spacial score (nSPS) is 30.7. The molecule has 2 atom stereocenters. The number of rotatable bonds is 4. The van der Waals surface area contributed by atoms with Gasteiger partial charge in [0.05, 0.1) is 17.7 Å². The van der Waals surface area contributed by atoms with Crippen LogP contribution in [0.2, 0.25) is 0 Å². The minimum absolute atomic E-state index is 0.112. The number of carbonyl (C=O) groups excluding carboxylic acids is 1. The first-order valence-electron chi connectivity index (χ1n) is 6.36. The topological polar surface area (TPSA) is 59.6 Å². The average Bonchev–Trinajstić information content (AvgIpc) is 2.64. The van der Waals surface area contributed by atoms with Gasteiger partial charge in [-0.15, -0.1) is 0 Å². The number of nitrogens with one attached hydrogen (secondary N) is 2. The maximum Gasteiger partial charge on any atom is 0.315 e. The summed E-state index contributed by atoms with van der Waals surface area (Å²) < 4.78 is 10.8. The van der Waals surface area contributed by atoms with E-state index in [1.54, 1.807) is 7.11 Å². The van der Waals surface area contributed by atoms with Gasteiger partial charge < -0.3 is 20.1 Å². The van der Waals surface area contributed by atoms with E-state index in [1.807, 2.05) is 6.92 Å². The van der Waals surface area contributed by atoms with Crippen molar-refractivity contribution in [3.8, 4) is 0 Å². The zero-order valence-corrected chi connectivity index (χ0v) is 10.6. The molecular formula is C12H22N2O3. The predicted octanol–water partition coefficient (Wildman–Crippen LogP) is 1.03. The largest absolute Gasteiger partial charge is 0.376 e. The third-order valence-corrected chi connectivity index (χ3v) is 3.96. The van der Waals surface area contributed by atoms with Crippen LogP contribution in [0, 0.1) is 0 Å². The maximum atomic E-state index is 11.7. The van der Waals surface area contributed by atoms with Crippen molar-refractivity contribution in [1.29, 1.82) is 0 Å². The van der Waals surface area contributed by atoms with Crippen LogP contribution < -0.4 is 10.6 Å². The number of hydrogen-bond acceptors (Lipinski definition) is 3. The lowest BCUT2D eigenvalue weighted by Gasteiger charge is -2.40. The van der Waals surface area contributed by atoms with Crippen molar-refractivity contribution in [2.75, 3.05) is 20.3 Å². The smallest absolute Gasteiger partial charge is 0.315 e. The molecule has 17 heavy (non-hydrogen) atoms. The highest BCUT2D eigenvalue weighted by atomic mass is 16.5. The summed E-state index contributed by atoms with van der Waals surface area (Å²) in [6, 6.07) is 0.0190. The molecule has 2 rings (SSSR count). The van der Waals surface area contributed by atoms with Gasteiger partial charge in [-0.05, 0) is 32.6 Å². The lowest BCUT2D eigenvalue weighted by atomic mass is 9.80. The Labute approximate surface area is 102 Å². The van der Waals surface area contributed by atoms with Gasteiger partial charge in [0.25, 0.3) is 0 Å². The van der Waals surface area contributed by atoms with Gasteiger partial charge in [-0.1, -0.05) is 0 Å². The molecule has 98 valence electrons. The summed E-state index contributed by atoms with van der Waals surface area (Å²) in [4.78, 5) is 11.7. The van der Waals surface area contributed by atoms with Gasteiger partial charge in [0.1, 0.15) is 0 Å². The Morgan fingerprint density at radius 2 is 2.29 bits per heavy atom. The molecule has 5 nitrogen and oxygen atoms in total. The average molecular weight is 242 g/mol. The van der Waals surface area contributed by atoms with Crippen LogP contribution in [0.1, 0.15) is 32.6 Å². The van der Waals surface area contributed by atoms with E-state index < -0.39 is 0 Å². The SMILES string of the molecule is COC1(CNC(=O)N[C@H]2CCO[C@H]2C)CCC1. The number of methoxy groups -OCH3 is 1. The molecule has 0 aromatic heterocycles. The number of hydrogen-bond donors (Lipinski definition) is 2. The van der Waals surface area contributed by atoms with E-state index >= 15 is 0 Å². The molecule has 0 spiro atoms. The number of amides is 2. The first-order chi connectivity index (χ1) is 8.15. The van der Waals surface area contributed by atoms with Gasteiger partial charge in [0.2, 0.25) is 0 Å². The summed E-state index contributed by atoms with van der Waals surface area (Å²) in [6.45, 7) is 3.31. The van der Waals surface area contributed by atoms with E-state index in [-0.39, 0.29) is 23.8 Å². The van der Waals surface area contributed by atoms with Crippen molar-refractivity contribution < 1.29 is 14.3 Å². The highest BCUT2D eigenvalue weighted by Gasteiger charge is 2.37. The Hall–Kier alpha value is -0.810. The van der Waals surface area contributed by atoms with Crippen LogP contribution in [-0.4, -0.2) is 44.0 Å². The van der Waals surface area contributed by atoms with Crippen molar-refractivity contribution >= 4 is 6.03 Å². The molecular weight excluding hydrogens is 220 g/mol. The molecule has 0 aromatic carbocycles. The number of carbonyl (C=O) groups is 1. The third-order valence-electron chi connectivity index (χ3n) is 3.96. The van der Waals surface area contributed by atoms with E-state index in [1.165, 1.54) is 6.42 Å². The van der Waals surface area contributed by atoms with Crippen molar-refractivity contribution in [2.45, 2.75) is 50.4 Å². The number of urea groups is 1. The van der Waals surface area contributed by atoms with Crippen LogP contribution in [0.15, 0.2) is 0 Å². The molecule has 0 radical (unpaired) electrons. The molecule has 2 amide bonds. The van der Waals surface area contributed by atoms with E-state index in [4.69, 9.17) is 9.47 Å². The molecule has 1 saturated carbocycles. The molecule has 0 bridgehead atoms. The first kappa shape index (κ1) is 12.6. The second kappa shape index (κ2) is 5.23. The fraction of sp³-hybridized carbons (Fsp3) is 0.917. The van der Waals surface area contributed by atoms with Gasteiger partial charge in [0.15, 0.2) is 0 Å². The molecule has 2 N–H and O–H groups in total. The van der Waals surface area contributed by atoms with Crippen molar-refractivity contribution in [3.63, 3.8) is 0 Å². The van der Waals surface area contributed by atoms with Crippen LogP contribution in [0.4, 0.5) is 4.79 Å². The molecule has 1 aliphatic carbocycles. The van der Waals surface area contributed by atoms with Crippen molar-refractivity contribution in [2.24, 2.45) is 0 Å². The standard InChI is InChI=1S/C12H22N2O3/c1-9-10(4-7-17-9)14-11(15)13-8-12(16-2)5-3-6-12/h9-10H,3-8H2,1-2H3,(H2,13,14,15)/t9-,10-/m0/s1. The molecule has 0 unspecified atom stereocenters. The van der Waals surface area contributed by atoms with Gasteiger partial charge in [-0.25, -0.2) is 4.79 Å². The van der Waals surface area contributed by atoms with Gasteiger partial charge in [-0.3, -0.25) is 0 Å². The first-order valence-corrected chi connectivity index (χ1v) is 6.36. The second-order valence-corrected chi connectivity index (χ2v) is 5.04. The Kier molecular flexibility index (Phi) is 3.89. The molecule has 1 saturated heterocycles. The Morgan fingerprint density at radius 1 is 1.53 bits per heavy atom. The molecule has 2 fully saturated rings. The molecule has 0 aromatic rings. The Bertz CT molecular complexity index is 273. The second-order valence-electron chi connectivity index (χ2n) is 5.04. The highest BCUT2D eigenvalue weighted by molar-refractivity contribution is 5.74. The van der Waals surface area contributed by atoms with Gasteiger partial charge in [-0.2, -0.15) is 0 Å². The van der Waals surface area contributed by atoms with E-state index in [9.17, 15) is 4.79 Å². The van der Waals surface area contributed by atoms with Crippen LogP contribution in [0.25, 0.3) is 0 Å².